The third kappa shape index (κ3) is 4.65. The number of benzene rings is 1. The molecule has 0 amide bonds. The van der Waals surface area contributed by atoms with Gasteiger partial charge in [0.05, 0.1) is 12.2 Å². The van der Waals surface area contributed by atoms with Gasteiger partial charge in [0.15, 0.2) is 6.10 Å². The molecular weight excluding hydrogens is 224 g/mol. The Morgan fingerprint density at radius 1 is 1.29 bits per heavy atom. The minimum absolute atomic E-state index is 0.148. The fraction of sp³-hybridized carbons (Fsp3) is 0.333. The molecule has 0 saturated heterocycles. The number of ether oxygens (including phenoxy) is 2. The average molecular weight is 238 g/mol. The summed E-state index contributed by atoms with van der Waals surface area (Å²) < 4.78 is 9.63. The lowest BCUT2D eigenvalue weighted by Crippen LogP contribution is -2.28. The van der Waals surface area contributed by atoms with Crippen molar-refractivity contribution < 1.29 is 24.2 Å². The molecule has 0 bridgehead atoms. The Kier molecular flexibility index (Phi) is 5.16. The Morgan fingerprint density at radius 3 is 2.47 bits per heavy atom. The normalized spacial score (nSPS) is 11.6. The van der Waals surface area contributed by atoms with Crippen LogP contribution in [-0.2, 0) is 14.3 Å². The second-order valence-corrected chi connectivity index (χ2v) is 3.38. The highest BCUT2D eigenvalue weighted by atomic mass is 16.6. The van der Waals surface area contributed by atoms with Crippen LogP contribution in [0.3, 0.4) is 0 Å². The van der Waals surface area contributed by atoms with Crippen LogP contribution < -0.4 is 0 Å². The van der Waals surface area contributed by atoms with Crippen molar-refractivity contribution >= 4 is 11.9 Å². The predicted octanol–water partition coefficient (Wildman–Crippen LogP) is 0.767. The van der Waals surface area contributed by atoms with Gasteiger partial charge < -0.3 is 14.6 Å². The first-order valence-corrected chi connectivity index (χ1v) is 5.13. The number of hydrogen-bond donors (Lipinski definition) is 1. The molecule has 1 aromatic rings. The quantitative estimate of drug-likeness (QED) is 0.767. The standard InChI is InChI=1S/C12H14O5/c1-9(14)16-8-11(7-13)17-12(15)10-5-3-2-4-6-10/h2-6,11,13H,7-8H2,1H3. The van der Waals surface area contributed by atoms with Gasteiger partial charge >= 0.3 is 11.9 Å². The Balaban J connectivity index is 2.51. The summed E-state index contributed by atoms with van der Waals surface area (Å²) in [4.78, 5) is 22.2. The lowest BCUT2D eigenvalue weighted by Gasteiger charge is -2.14. The van der Waals surface area contributed by atoms with E-state index < -0.39 is 24.6 Å². The molecule has 92 valence electrons. The minimum atomic E-state index is -0.841. The van der Waals surface area contributed by atoms with Crippen molar-refractivity contribution in [3.05, 3.63) is 35.9 Å². The lowest BCUT2D eigenvalue weighted by molar-refractivity contribution is -0.144. The van der Waals surface area contributed by atoms with Crippen molar-refractivity contribution in [1.29, 1.82) is 0 Å². The SMILES string of the molecule is CC(=O)OCC(CO)OC(=O)c1ccccc1. The van der Waals surface area contributed by atoms with Crippen LogP contribution in [-0.4, -0.2) is 36.4 Å². The fourth-order valence-corrected chi connectivity index (χ4v) is 1.13. The second kappa shape index (κ2) is 6.65. The van der Waals surface area contributed by atoms with E-state index in [0.717, 1.165) is 0 Å². The zero-order chi connectivity index (χ0) is 12.7. The summed E-state index contributed by atoms with van der Waals surface area (Å²) in [5.41, 5.74) is 0.383. The molecule has 0 heterocycles. The van der Waals surface area contributed by atoms with Gasteiger partial charge in [-0.15, -0.1) is 0 Å². The van der Waals surface area contributed by atoms with E-state index in [0.29, 0.717) is 5.56 Å². The van der Waals surface area contributed by atoms with Gasteiger partial charge in [-0.1, -0.05) is 18.2 Å². The molecular formula is C12H14O5. The Labute approximate surface area is 99.0 Å². The zero-order valence-corrected chi connectivity index (χ0v) is 9.46. The molecule has 0 spiro atoms. The fourth-order valence-electron chi connectivity index (χ4n) is 1.13. The van der Waals surface area contributed by atoms with Gasteiger partial charge in [0.2, 0.25) is 0 Å². The molecule has 17 heavy (non-hydrogen) atoms. The van der Waals surface area contributed by atoms with Gasteiger partial charge in [-0.3, -0.25) is 4.79 Å². The van der Waals surface area contributed by atoms with Gasteiger partial charge in [-0.05, 0) is 12.1 Å². The summed E-state index contributed by atoms with van der Waals surface area (Å²) in [6.07, 6.45) is -0.841. The molecule has 5 heteroatoms. The molecule has 1 aromatic carbocycles. The molecule has 1 atom stereocenters. The minimum Gasteiger partial charge on any atom is -0.462 e. The van der Waals surface area contributed by atoms with Gasteiger partial charge in [-0.25, -0.2) is 4.79 Å². The monoisotopic (exact) mass is 238 g/mol. The van der Waals surface area contributed by atoms with E-state index in [1.54, 1.807) is 30.3 Å². The first-order valence-electron chi connectivity index (χ1n) is 5.13. The molecule has 1 unspecified atom stereocenters. The second-order valence-electron chi connectivity index (χ2n) is 3.38. The Bertz CT molecular complexity index is 374. The van der Waals surface area contributed by atoms with Crippen LogP contribution >= 0.6 is 0 Å². The lowest BCUT2D eigenvalue weighted by atomic mass is 10.2. The maximum absolute atomic E-state index is 11.6. The van der Waals surface area contributed by atoms with Crippen molar-refractivity contribution in [3.63, 3.8) is 0 Å². The van der Waals surface area contributed by atoms with E-state index in [2.05, 4.69) is 4.74 Å². The summed E-state index contributed by atoms with van der Waals surface area (Å²) in [7, 11) is 0. The molecule has 0 aliphatic heterocycles. The highest BCUT2D eigenvalue weighted by Crippen LogP contribution is 2.04. The maximum Gasteiger partial charge on any atom is 0.338 e. The van der Waals surface area contributed by atoms with Crippen LogP contribution in [0.5, 0.6) is 0 Å². The maximum atomic E-state index is 11.6. The van der Waals surface area contributed by atoms with Crippen LogP contribution in [0.4, 0.5) is 0 Å². The molecule has 0 fully saturated rings. The number of rotatable bonds is 5. The molecule has 0 saturated carbocycles. The van der Waals surface area contributed by atoms with E-state index in [1.165, 1.54) is 6.92 Å². The predicted molar refractivity (Wildman–Crippen MR) is 59.4 cm³/mol. The van der Waals surface area contributed by atoms with Crippen LogP contribution in [0.2, 0.25) is 0 Å². The summed E-state index contributed by atoms with van der Waals surface area (Å²) in [5, 5.41) is 8.97. The number of hydrogen-bond acceptors (Lipinski definition) is 5. The van der Waals surface area contributed by atoms with E-state index in [4.69, 9.17) is 9.84 Å². The third-order valence-electron chi connectivity index (χ3n) is 1.96. The molecule has 1 N–H and O–H groups in total. The van der Waals surface area contributed by atoms with Gasteiger partial charge in [0, 0.05) is 6.92 Å². The summed E-state index contributed by atoms with van der Waals surface area (Å²) in [5.74, 6) is -1.05. The van der Waals surface area contributed by atoms with Crippen LogP contribution in [0.1, 0.15) is 17.3 Å². The van der Waals surface area contributed by atoms with E-state index in [9.17, 15) is 9.59 Å². The number of aliphatic hydroxyl groups excluding tert-OH is 1. The van der Waals surface area contributed by atoms with Gasteiger partial charge in [0.25, 0.3) is 0 Å². The topological polar surface area (TPSA) is 72.8 Å². The van der Waals surface area contributed by atoms with E-state index in [-0.39, 0.29) is 6.61 Å². The highest BCUT2D eigenvalue weighted by molar-refractivity contribution is 5.89. The van der Waals surface area contributed by atoms with Crippen molar-refractivity contribution in [1.82, 2.24) is 0 Å². The summed E-state index contributed by atoms with van der Waals surface area (Å²) in [6.45, 7) is 0.698. The van der Waals surface area contributed by atoms with Crippen LogP contribution in [0, 0.1) is 0 Å². The number of carbonyl (C=O) groups excluding carboxylic acids is 2. The number of aliphatic hydroxyl groups is 1. The first kappa shape index (κ1) is 13.2. The summed E-state index contributed by atoms with van der Waals surface area (Å²) >= 11 is 0. The van der Waals surface area contributed by atoms with Crippen molar-refractivity contribution in [2.75, 3.05) is 13.2 Å². The molecule has 0 aliphatic carbocycles. The van der Waals surface area contributed by atoms with Crippen molar-refractivity contribution in [2.24, 2.45) is 0 Å². The van der Waals surface area contributed by atoms with Gasteiger partial charge in [-0.2, -0.15) is 0 Å². The van der Waals surface area contributed by atoms with E-state index in [1.807, 2.05) is 0 Å². The summed E-state index contributed by atoms with van der Waals surface area (Å²) in [6, 6.07) is 8.39. The molecule has 0 aliphatic rings. The zero-order valence-electron chi connectivity index (χ0n) is 9.46. The van der Waals surface area contributed by atoms with Crippen molar-refractivity contribution in [3.8, 4) is 0 Å². The molecule has 5 nitrogen and oxygen atoms in total. The molecule has 0 radical (unpaired) electrons. The Morgan fingerprint density at radius 2 is 1.94 bits per heavy atom. The molecule has 1 rings (SSSR count). The van der Waals surface area contributed by atoms with E-state index >= 15 is 0 Å². The molecule has 0 aromatic heterocycles. The highest BCUT2D eigenvalue weighted by Gasteiger charge is 2.16. The Hall–Kier alpha value is -1.88. The average Bonchev–Trinajstić information content (AvgIpc) is 2.35. The van der Waals surface area contributed by atoms with Crippen LogP contribution in [0.25, 0.3) is 0 Å². The largest absolute Gasteiger partial charge is 0.462 e. The van der Waals surface area contributed by atoms with Gasteiger partial charge in [0.1, 0.15) is 6.61 Å². The third-order valence-corrected chi connectivity index (χ3v) is 1.96. The number of esters is 2. The first-order chi connectivity index (χ1) is 8.13. The smallest absolute Gasteiger partial charge is 0.338 e. The van der Waals surface area contributed by atoms with Crippen molar-refractivity contribution in [2.45, 2.75) is 13.0 Å². The number of carbonyl (C=O) groups is 2. The van der Waals surface area contributed by atoms with Crippen LogP contribution in [0.15, 0.2) is 30.3 Å².